The highest BCUT2D eigenvalue weighted by atomic mass is 16.5. The molecule has 7 heteroatoms. The van der Waals surface area contributed by atoms with Crippen molar-refractivity contribution in [1.82, 2.24) is 30.6 Å². The summed E-state index contributed by atoms with van der Waals surface area (Å²) >= 11 is 0. The number of pyridine rings is 2. The van der Waals surface area contributed by atoms with Crippen molar-refractivity contribution in [2.75, 3.05) is 6.61 Å². The van der Waals surface area contributed by atoms with Gasteiger partial charge in [0, 0.05) is 23.1 Å². The van der Waals surface area contributed by atoms with Crippen LogP contribution in [0.5, 0.6) is 5.88 Å². The molecule has 0 fully saturated rings. The van der Waals surface area contributed by atoms with E-state index < -0.39 is 0 Å². The smallest absolute Gasteiger partial charge is 0.225 e. The number of aryl methyl sites for hydroxylation is 2. The van der Waals surface area contributed by atoms with Gasteiger partial charge in [-0.25, -0.2) is 4.98 Å². The van der Waals surface area contributed by atoms with E-state index in [9.17, 15) is 0 Å². The fourth-order valence-corrected chi connectivity index (χ4v) is 3.63. The molecule has 1 aliphatic carbocycles. The molecule has 3 heterocycles. The third-order valence-electron chi connectivity index (χ3n) is 4.73. The number of nitrogens with one attached hydrogen (secondary N) is 1. The van der Waals surface area contributed by atoms with Gasteiger partial charge in [-0.05, 0) is 68.0 Å². The Balaban J connectivity index is 2.05. The second-order valence-electron chi connectivity index (χ2n) is 6.51. The van der Waals surface area contributed by atoms with Crippen molar-refractivity contribution >= 4 is 0 Å². The summed E-state index contributed by atoms with van der Waals surface area (Å²) in [7, 11) is 0. The van der Waals surface area contributed by atoms with Crippen molar-refractivity contribution in [1.29, 1.82) is 0 Å². The monoisotopic (exact) mass is 350 g/mol. The lowest BCUT2D eigenvalue weighted by Gasteiger charge is -2.19. The van der Waals surface area contributed by atoms with Gasteiger partial charge in [0.15, 0.2) is 0 Å². The molecular formula is C19H22N6O. The molecule has 0 radical (unpaired) electrons. The number of hydrogen-bond acceptors (Lipinski definition) is 6. The molecule has 0 amide bonds. The van der Waals surface area contributed by atoms with Crippen molar-refractivity contribution in [3.8, 4) is 28.4 Å². The number of ether oxygens (including phenoxy) is 1. The molecular weight excluding hydrogens is 328 g/mol. The van der Waals surface area contributed by atoms with Crippen LogP contribution in [0.4, 0.5) is 0 Å². The number of H-pyrrole nitrogens is 1. The fourth-order valence-electron chi connectivity index (χ4n) is 3.63. The zero-order valence-corrected chi connectivity index (χ0v) is 15.1. The molecule has 0 unspecified atom stereocenters. The Kier molecular flexibility index (Phi) is 4.60. The first-order valence-electron chi connectivity index (χ1n) is 9.13. The van der Waals surface area contributed by atoms with Gasteiger partial charge in [-0.3, -0.25) is 4.98 Å². The standard InChI is InChI=1S/C19H22N6O/c1-3-26-19-17(18-22-24-25-23-18)16(13-9-10-20-12(2)11-13)14-7-5-4-6-8-15(14)21-19/h9-11H,3-8H2,1-2H3,(H,22,23,24,25). The second kappa shape index (κ2) is 7.19. The first-order chi connectivity index (χ1) is 12.8. The number of aromatic nitrogens is 6. The number of aromatic amines is 1. The maximum atomic E-state index is 5.91. The van der Waals surface area contributed by atoms with Crippen LogP contribution in [0.1, 0.15) is 43.1 Å². The lowest BCUT2D eigenvalue weighted by atomic mass is 9.91. The summed E-state index contributed by atoms with van der Waals surface area (Å²) in [6, 6.07) is 4.13. The number of hydrogen-bond donors (Lipinski definition) is 1. The third kappa shape index (κ3) is 3.05. The summed E-state index contributed by atoms with van der Waals surface area (Å²) in [4.78, 5) is 9.22. The average molecular weight is 350 g/mol. The third-order valence-corrected chi connectivity index (χ3v) is 4.73. The highest BCUT2D eigenvalue weighted by Crippen LogP contribution is 2.42. The van der Waals surface area contributed by atoms with Gasteiger partial charge in [0.1, 0.15) is 0 Å². The van der Waals surface area contributed by atoms with E-state index in [2.05, 4.69) is 31.7 Å². The molecule has 0 saturated carbocycles. The van der Waals surface area contributed by atoms with Crippen molar-refractivity contribution in [2.45, 2.75) is 46.0 Å². The van der Waals surface area contributed by atoms with Gasteiger partial charge < -0.3 is 4.74 Å². The molecule has 0 saturated heterocycles. The first-order valence-corrected chi connectivity index (χ1v) is 9.13. The van der Waals surface area contributed by atoms with Gasteiger partial charge in [0.05, 0.1) is 12.2 Å². The van der Waals surface area contributed by atoms with Crippen LogP contribution in [0.25, 0.3) is 22.5 Å². The zero-order valence-electron chi connectivity index (χ0n) is 15.1. The van der Waals surface area contributed by atoms with Crippen molar-refractivity contribution in [3.63, 3.8) is 0 Å². The average Bonchev–Trinajstić information content (AvgIpc) is 3.06. The van der Waals surface area contributed by atoms with Crippen molar-refractivity contribution in [3.05, 3.63) is 35.3 Å². The molecule has 26 heavy (non-hydrogen) atoms. The molecule has 1 N–H and O–H groups in total. The van der Waals surface area contributed by atoms with E-state index in [1.807, 2.05) is 26.1 Å². The Morgan fingerprint density at radius 3 is 2.81 bits per heavy atom. The number of fused-ring (bicyclic) bond motifs is 1. The minimum absolute atomic E-state index is 0.512. The molecule has 1 aliphatic rings. The summed E-state index contributed by atoms with van der Waals surface area (Å²) in [6.45, 7) is 4.50. The highest BCUT2D eigenvalue weighted by Gasteiger charge is 2.26. The highest BCUT2D eigenvalue weighted by molar-refractivity contribution is 5.86. The first kappa shape index (κ1) is 16.6. The quantitative estimate of drug-likeness (QED) is 0.726. The Bertz CT molecular complexity index is 907. The Labute approximate surface area is 152 Å². The van der Waals surface area contributed by atoms with Crippen LogP contribution < -0.4 is 4.74 Å². The van der Waals surface area contributed by atoms with E-state index in [0.717, 1.165) is 53.8 Å². The van der Waals surface area contributed by atoms with Gasteiger partial charge in [-0.2, -0.15) is 5.21 Å². The summed E-state index contributed by atoms with van der Waals surface area (Å²) in [5, 5.41) is 14.8. The lowest BCUT2D eigenvalue weighted by Crippen LogP contribution is -2.07. The predicted octanol–water partition coefficient (Wildman–Crippen LogP) is 3.30. The molecule has 7 nitrogen and oxygen atoms in total. The predicted molar refractivity (Wildman–Crippen MR) is 97.8 cm³/mol. The van der Waals surface area contributed by atoms with E-state index in [-0.39, 0.29) is 0 Å². The van der Waals surface area contributed by atoms with Crippen LogP contribution >= 0.6 is 0 Å². The van der Waals surface area contributed by atoms with Crippen LogP contribution in [0.15, 0.2) is 18.3 Å². The van der Waals surface area contributed by atoms with E-state index in [4.69, 9.17) is 9.72 Å². The van der Waals surface area contributed by atoms with Crippen molar-refractivity contribution < 1.29 is 4.74 Å². The number of tetrazole rings is 1. The molecule has 0 aliphatic heterocycles. The molecule has 0 atom stereocenters. The van der Waals surface area contributed by atoms with Crippen molar-refractivity contribution in [2.24, 2.45) is 0 Å². The van der Waals surface area contributed by atoms with Gasteiger partial charge >= 0.3 is 0 Å². The van der Waals surface area contributed by atoms with Gasteiger partial charge in [0.25, 0.3) is 0 Å². The Hall–Kier alpha value is -2.83. The maximum absolute atomic E-state index is 5.91. The summed E-state index contributed by atoms with van der Waals surface area (Å²) in [5.41, 5.74) is 6.38. The molecule has 3 aromatic heterocycles. The molecule has 4 rings (SSSR count). The lowest BCUT2D eigenvalue weighted by molar-refractivity contribution is 0.327. The van der Waals surface area contributed by atoms with Gasteiger partial charge in [-0.15, -0.1) is 10.2 Å². The SMILES string of the molecule is CCOc1nc2c(c(-c3ccnc(C)c3)c1-c1nn[nH]n1)CCCCC2. The molecule has 3 aromatic rings. The summed E-state index contributed by atoms with van der Waals surface area (Å²) in [5.74, 6) is 1.09. The fraction of sp³-hybridized carbons (Fsp3) is 0.421. The topological polar surface area (TPSA) is 89.5 Å². The second-order valence-corrected chi connectivity index (χ2v) is 6.51. The summed E-state index contributed by atoms with van der Waals surface area (Å²) in [6.07, 6.45) is 7.34. The van der Waals surface area contributed by atoms with E-state index >= 15 is 0 Å². The summed E-state index contributed by atoms with van der Waals surface area (Å²) < 4.78 is 5.91. The number of nitrogens with zero attached hydrogens (tertiary/aromatic N) is 5. The molecule has 0 aromatic carbocycles. The maximum Gasteiger partial charge on any atom is 0.225 e. The number of rotatable bonds is 4. The molecule has 0 spiro atoms. The minimum atomic E-state index is 0.512. The Morgan fingerprint density at radius 2 is 2.04 bits per heavy atom. The molecule has 134 valence electrons. The normalized spacial score (nSPS) is 13.9. The molecule has 0 bridgehead atoms. The van der Waals surface area contributed by atoms with Crippen LogP contribution in [0, 0.1) is 6.92 Å². The zero-order chi connectivity index (χ0) is 17.9. The van der Waals surface area contributed by atoms with Crippen LogP contribution in [0.2, 0.25) is 0 Å². The van der Waals surface area contributed by atoms with Crippen LogP contribution in [0.3, 0.4) is 0 Å². The largest absolute Gasteiger partial charge is 0.477 e. The van der Waals surface area contributed by atoms with Crippen LogP contribution in [-0.2, 0) is 12.8 Å². The van der Waals surface area contributed by atoms with Gasteiger partial charge in [0.2, 0.25) is 11.7 Å². The van der Waals surface area contributed by atoms with Gasteiger partial charge in [-0.1, -0.05) is 6.42 Å². The van der Waals surface area contributed by atoms with E-state index in [1.54, 1.807) is 0 Å². The Morgan fingerprint density at radius 1 is 1.15 bits per heavy atom. The van der Waals surface area contributed by atoms with Crippen LogP contribution in [-0.4, -0.2) is 37.2 Å². The minimum Gasteiger partial charge on any atom is -0.477 e. The van der Waals surface area contributed by atoms with E-state index in [0.29, 0.717) is 18.3 Å². The van der Waals surface area contributed by atoms with E-state index in [1.165, 1.54) is 12.0 Å².